The van der Waals surface area contributed by atoms with E-state index in [4.69, 9.17) is 0 Å². The second-order valence-corrected chi connectivity index (χ2v) is 7.42. The lowest BCUT2D eigenvalue weighted by atomic mass is 9.99. The molecule has 0 amide bonds. The first kappa shape index (κ1) is 16.2. The molecule has 0 bridgehead atoms. The number of sulfone groups is 1. The van der Waals surface area contributed by atoms with E-state index in [1.807, 2.05) is 12.1 Å². The van der Waals surface area contributed by atoms with Crippen molar-refractivity contribution < 1.29 is 8.42 Å². The largest absolute Gasteiger partial charge is 0.307 e. The van der Waals surface area contributed by atoms with Crippen LogP contribution < -0.4 is 5.32 Å². The fourth-order valence-electron chi connectivity index (χ4n) is 2.01. The van der Waals surface area contributed by atoms with Crippen LogP contribution >= 0.6 is 0 Å². The third kappa shape index (κ3) is 4.62. The molecule has 4 heteroatoms. The van der Waals surface area contributed by atoms with Gasteiger partial charge in [-0.15, -0.1) is 0 Å². The van der Waals surface area contributed by atoms with Crippen LogP contribution in [0.1, 0.15) is 45.7 Å². The normalized spacial score (nSPS) is 16.9. The quantitative estimate of drug-likeness (QED) is 0.872. The summed E-state index contributed by atoms with van der Waals surface area (Å²) >= 11 is 0. The predicted octanol–water partition coefficient (Wildman–Crippen LogP) is 3.18. The minimum atomic E-state index is -3.11. The summed E-state index contributed by atoms with van der Waals surface area (Å²) in [6, 6.07) is 7.79. The first-order chi connectivity index (χ1) is 8.75. The van der Waals surface area contributed by atoms with Gasteiger partial charge in [-0.25, -0.2) is 8.42 Å². The first-order valence-electron chi connectivity index (χ1n) is 6.81. The molecule has 1 aromatic carbocycles. The Morgan fingerprint density at radius 1 is 1.11 bits per heavy atom. The summed E-state index contributed by atoms with van der Waals surface area (Å²) in [5, 5.41) is 3.56. The van der Waals surface area contributed by atoms with Gasteiger partial charge in [-0.3, -0.25) is 0 Å². The van der Waals surface area contributed by atoms with Crippen molar-refractivity contribution in [2.45, 2.75) is 51.1 Å². The number of hydrogen-bond donors (Lipinski definition) is 1. The van der Waals surface area contributed by atoms with Gasteiger partial charge in [0.05, 0.1) is 4.90 Å². The molecule has 1 rings (SSSR count). The van der Waals surface area contributed by atoms with Crippen LogP contribution in [0.4, 0.5) is 0 Å². The van der Waals surface area contributed by atoms with Gasteiger partial charge >= 0.3 is 0 Å². The van der Waals surface area contributed by atoms with E-state index in [0.717, 1.165) is 12.0 Å². The third-order valence-electron chi connectivity index (χ3n) is 3.82. The van der Waals surface area contributed by atoms with E-state index in [-0.39, 0.29) is 6.04 Å². The second kappa shape index (κ2) is 6.53. The van der Waals surface area contributed by atoms with Crippen LogP contribution in [-0.4, -0.2) is 20.7 Å². The standard InChI is InChI=1S/C15H25NO2S/c1-6-11(2)12(3)16-13(4)14-7-9-15(10-8-14)19(5,17)18/h7-13,16H,6H2,1-5H3. The zero-order valence-electron chi connectivity index (χ0n) is 12.5. The molecular weight excluding hydrogens is 258 g/mol. The number of benzene rings is 1. The van der Waals surface area contributed by atoms with Crippen molar-refractivity contribution >= 4 is 9.84 Å². The Labute approximate surface area is 117 Å². The highest BCUT2D eigenvalue weighted by Crippen LogP contribution is 2.18. The minimum Gasteiger partial charge on any atom is -0.307 e. The Morgan fingerprint density at radius 2 is 1.63 bits per heavy atom. The number of rotatable bonds is 6. The molecule has 0 radical (unpaired) electrons. The molecule has 0 saturated carbocycles. The Morgan fingerprint density at radius 3 is 2.05 bits per heavy atom. The topological polar surface area (TPSA) is 46.2 Å². The van der Waals surface area contributed by atoms with Crippen molar-refractivity contribution in [2.24, 2.45) is 5.92 Å². The average Bonchev–Trinajstić information content (AvgIpc) is 2.36. The molecule has 0 aliphatic carbocycles. The second-order valence-electron chi connectivity index (χ2n) is 5.40. The molecule has 3 nitrogen and oxygen atoms in total. The SMILES string of the molecule is CCC(C)C(C)NC(C)c1ccc(S(C)(=O)=O)cc1. The Kier molecular flexibility index (Phi) is 5.56. The first-order valence-corrected chi connectivity index (χ1v) is 8.71. The fraction of sp³-hybridized carbons (Fsp3) is 0.600. The molecule has 108 valence electrons. The molecular formula is C15H25NO2S. The van der Waals surface area contributed by atoms with Gasteiger partial charge in [0.1, 0.15) is 0 Å². The van der Waals surface area contributed by atoms with Crippen LogP contribution in [0.25, 0.3) is 0 Å². The maximum absolute atomic E-state index is 11.4. The van der Waals surface area contributed by atoms with Gasteiger partial charge in [-0.1, -0.05) is 32.4 Å². The molecule has 1 aromatic rings. The maximum atomic E-state index is 11.4. The van der Waals surface area contributed by atoms with E-state index in [2.05, 4.69) is 33.0 Å². The molecule has 0 aromatic heterocycles. The lowest BCUT2D eigenvalue weighted by Crippen LogP contribution is -2.33. The highest BCUT2D eigenvalue weighted by Gasteiger charge is 2.14. The van der Waals surface area contributed by atoms with Crippen molar-refractivity contribution in [3.05, 3.63) is 29.8 Å². The van der Waals surface area contributed by atoms with E-state index < -0.39 is 9.84 Å². The van der Waals surface area contributed by atoms with E-state index >= 15 is 0 Å². The van der Waals surface area contributed by atoms with E-state index in [1.165, 1.54) is 6.26 Å². The Balaban J connectivity index is 2.76. The predicted molar refractivity (Wildman–Crippen MR) is 80.0 cm³/mol. The molecule has 0 fully saturated rings. The van der Waals surface area contributed by atoms with Crippen molar-refractivity contribution in [1.82, 2.24) is 5.32 Å². The smallest absolute Gasteiger partial charge is 0.175 e. The zero-order valence-corrected chi connectivity index (χ0v) is 13.3. The Hall–Kier alpha value is -0.870. The summed E-state index contributed by atoms with van der Waals surface area (Å²) in [6.07, 6.45) is 2.38. The summed E-state index contributed by atoms with van der Waals surface area (Å²) < 4.78 is 22.8. The van der Waals surface area contributed by atoms with E-state index in [0.29, 0.717) is 16.9 Å². The van der Waals surface area contributed by atoms with Gasteiger partial charge in [-0.05, 0) is 37.5 Å². The lowest BCUT2D eigenvalue weighted by Gasteiger charge is -2.24. The summed E-state index contributed by atoms with van der Waals surface area (Å²) in [6.45, 7) is 8.72. The van der Waals surface area contributed by atoms with Crippen molar-refractivity contribution in [2.75, 3.05) is 6.26 Å². The molecule has 3 atom stereocenters. The summed E-state index contributed by atoms with van der Waals surface area (Å²) in [5.74, 6) is 0.623. The molecule has 19 heavy (non-hydrogen) atoms. The molecule has 0 saturated heterocycles. The van der Waals surface area contributed by atoms with Crippen LogP contribution in [0, 0.1) is 5.92 Å². The van der Waals surface area contributed by atoms with Crippen LogP contribution in [0.2, 0.25) is 0 Å². The molecule has 0 heterocycles. The van der Waals surface area contributed by atoms with Gasteiger partial charge in [0.25, 0.3) is 0 Å². The van der Waals surface area contributed by atoms with Gasteiger partial charge in [0, 0.05) is 18.3 Å². The van der Waals surface area contributed by atoms with Crippen molar-refractivity contribution in [3.63, 3.8) is 0 Å². The summed E-state index contributed by atoms with van der Waals surface area (Å²) in [5.41, 5.74) is 1.11. The van der Waals surface area contributed by atoms with Gasteiger partial charge in [0.15, 0.2) is 9.84 Å². The molecule has 0 spiro atoms. The van der Waals surface area contributed by atoms with Gasteiger partial charge < -0.3 is 5.32 Å². The van der Waals surface area contributed by atoms with Gasteiger partial charge in [-0.2, -0.15) is 0 Å². The monoisotopic (exact) mass is 283 g/mol. The maximum Gasteiger partial charge on any atom is 0.175 e. The molecule has 0 aliphatic heterocycles. The lowest BCUT2D eigenvalue weighted by molar-refractivity contribution is 0.360. The van der Waals surface area contributed by atoms with Crippen molar-refractivity contribution in [1.29, 1.82) is 0 Å². The zero-order chi connectivity index (χ0) is 14.6. The van der Waals surface area contributed by atoms with Gasteiger partial charge in [0.2, 0.25) is 0 Å². The van der Waals surface area contributed by atoms with E-state index in [1.54, 1.807) is 12.1 Å². The van der Waals surface area contributed by atoms with E-state index in [9.17, 15) is 8.42 Å². The third-order valence-corrected chi connectivity index (χ3v) is 4.95. The summed E-state index contributed by atoms with van der Waals surface area (Å²) in [4.78, 5) is 0.374. The molecule has 3 unspecified atom stereocenters. The molecule has 1 N–H and O–H groups in total. The van der Waals surface area contributed by atoms with Crippen molar-refractivity contribution in [3.8, 4) is 0 Å². The van der Waals surface area contributed by atoms with Crippen LogP contribution in [0.5, 0.6) is 0 Å². The molecule has 0 aliphatic rings. The number of nitrogens with one attached hydrogen (secondary N) is 1. The minimum absolute atomic E-state index is 0.220. The number of hydrogen-bond acceptors (Lipinski definition) is 3. The van der Waals surface area contributed by atoms with Crippen LogP contribution in [0.15, 0.2) is 29.2 Å². The Bertz CT molecular complexity index is 493. The fourth-order valence-corrected chi connectivity index (χ4v) is 2.64. The van der Waals surface area contributed by atoms with Crippen LogP contribution in [0.3, 0.4) is 0 Å². The summed E-state index contributed by atoms with van der Waals surface area (Å²) in [7, 11) is -3.11. The average molecular weight is 283 g/mol. The van der Waals surface area contributed by atoms with Crippen LogP contribution in [-0.2, 0) is 9.84 Å². The highest BCUT2D eigenvalue weighted by molar-refractivity contribution is 7.90. The highest BCUT2D eigenvalue weighted by atomic mass is 32.2.